The number of benzene rings is 2. The van der Waals surface area contributed by atoms with Gasteiger partial charge in [0.25, 0.3) is 5.56 Å². The minimum absolute atomic E-state index is 0.0618. The molecule has 0 saturated carbocycles. The van der Waals surface area contributed by atoms with E-state index in [1.54, 1.807) is 18.2 Å². The fourth-order valence-corrected chi connectivity index (χ4v) is 4.10. The molecule has 10 nitrogen and oxygen atoms in total. The molecule has 0 radical (unpaired) electrons. The molecule has 10 heteroatoms. The third-order valence-electron chi connectivity index (χ3n) is 5.54. The summed E-state index contributed by atoms with van der Waals surface area (Å²) in [5.41, 5.74) is 1.02. The number of imidazole rings is 1. The molecule has 0 unspecified atom stereocenters. The standard InChI is InChI=1S/C22H15N3O7/c1-28-15-5-11-14(8-16(15)29-2)22(27)25(32-24-4-3-23-9-24)20-12-6-17-18(31-10-30-17)7-13(12)21(26)19(11)20/h3-9H,10H2,1-2H3. The molecule has 6 rings (SSSR count). The number of carbonyl (C=O) groups is 1. The first-order valence-electron chi connectivity index (χ1n) is 9.61. The summed E-state index contributed by atoms with van der Waals surface area (Å²) in [7, 11) is 2.96. The van der Waals surface area contributed by atoms with Crippen LogP contribution in [0.3, 0.4) is 0 Å². The first-order valence-corrected chi connectivity index (χ1v) is 9.61. The second-order valence-corrected chi connectivity index (χ2v) is 7.16. The van der Waals surface area contributed by atoms with E-state index >= 15 is 0 Å². The van der Waals surface area contributed by atoms with Gasteiger partial charge in [-0.15, -0.1) is 9.46 Å². The van der Waals surface area contributed by atoms with Crippen molar-refractivity contribution in [1.29, 1.82) is 0 Å². The van der Waals surface area contributed by atoms with E-state index in [-0.39, 0.29) is 18.0 Å². The number of fused-ring (bicyclic) bond motifs is 6. The van der Waals surface area contributed by atoms with Crippen LogP contribution in [0, 0.1) is 0 Å². The Kier molecular flexibility index (Phi) is 3.73. The Hall–Kier alpha value is -4.47. The van der Waals surface area contributed by atoms with Gasteiger partial charge in [-0.1, -0.05) is 0 Å². The van der Waals surface area contributed by atoms with Crippen LogP contribution in [-0.4, -0.2) is 41.2 Å². The Bertz CT molecular complexity index is 1490. The highest BCUT2D eigenvalue weighted by molar-refractivity contribution is 6.27. The van der Waals surface area contributed by atoms with Crippen molar-refractivity contribution in [2.75, 3.05) is 21.0 Å². The van der Waals surface area contributed by atoms with Crippen molar-refractivity contribution in [1.82, 2.24) is 14.4 Å². The van der Waals surface area contributed by atoms with Gasteiger partial charge in [-0.2, -0.15) is 0 Å². The van der Waals surface area contributed by atoms with Crippen LogP contribution in [0.25, 0.3) is 22.0 Å². The zero-order valence-electron chi connectivity index (χ0n) is 16.9. The molecule has 0 fully saturated rings. The molecule has 1 aliphatic carbocycles. The van der Waals surface area contributed by atoms with Gasteiger partial charge in [-0.05, 0) is 24.3 Å². The van der Waals surface area contributed by atoms with Gasteiger partial charge in [-0.25, -0.2) is 4.98 Å². The van der Waals surface area contributed by atoms with Crippen LogP contribution < -0.4 is 29.4 Å². The number of hydrogen-bond acceptors (Lipinski definition) is 8. The molecule has 0 amide bonds. The van der Waals surface area contributed by atoms with Crippen molar-refractivity contribution >= 4 is 16.6 Å². The van der Waals surface area contributed by atoms with Crippen LogP contribution in [0.15, 0.2) is 47.8 Å². The molecule has 32 heavy (non-hydrogen) atoms. The molecule has 160 valence electrons. The number of aromatic nitrogens is 3. The summed E-state index contributed by atoms with van der Waals surface area (Å²) in [6.07, 6.45) is 4.45. The second kappa shape index (κ2) is 6.51. The van der Waals surface area contributed by atoms with Gasteiger partial charge in [0.1, 0.15) is 12.0 Å². The fourth-order valence-electron chi connectivity index (χ4n) is 4.10. The molecular weight excluding hydrogens is 418 g/mol. The summed E-state index contributed by atoms with van der Waals surface area (Å²) in [4.78, 5) is 36.9. The topological polar surface area (TPSA) is 103 Å². The maximum absolute atomic E-state index is 13.6. The number of ether oxygens (including phenoxy) is 4. The van der Waals surface area contributed by atoms with Crippen molar-refractivity contribution in [3.8, 4) is 34.3 Å². The molecule has 2 aromatic carbocycles. The van der Waals surface area contributed by atoms with E-state index in [4.69, 9.17) is 23.9 Å². The quantitative estimate of drug-likeness (QED) is 0.424. The van der Waals surface area contributed by atoms with Gasteiger partial charge in [0, 0.05) is 22.7 Å². The summed E-state index contributed by atoms with van der Waals surface area (Å²) in [5.74, 6) is 1.44. The van der Waals surface area contributed by atoms with Gasteiger partial charge in [0.05, 0.1) is 31.4 Å². The number of carbonyl (C=O) groups excluding carboxylic acids is 1. The predicted molar refractivity (Wildman–Crippen MR) is 111 cm³/mol. The summed E-state index contributed by atoms with van der Waals surface area (Å²) in [6.45, 7) is 0.0618. The average molecular weight is 433 g/mol. The number of rotatable bonds is 4. The van der Waals surface area contributed by atoms with Crippen molar-refractivity contribution in [3.63, 3.8) is 0 Å². The molecule has 0 bridgehead atoms. The maximum atomic E-state index is 13.6. The van der Waals surface area contributed by atoms with Crippen LogP contribution in [0.1, 0.15) is 15.9 Å². The Labute approximate surface area is 180 Å². The molecule has 2 aliphatic rings. The van der Waals surface area contributed by atoms with Gasteiger partial charge in [0.2, 0.25) is 6.79 Å². The Morgan fingerprint density at radius 3 is 2.28 bits per heavy atom. The van der Waals surface area contributed by atoms with Crippen molar-refractivity contribution < 1.29 is 28.7 Å². The van der Waals surface area contributed by atoms with Gasteiger partial charge in [0.15, 0.2) is 28.8 Å². The van der Waals surface area contributed by atoms with Crippen LogP contribution in [-0.2, 0) is 0 Å². The third kappa shape index (κ3) is 2.37. The highest BCUT2D eigenvalue weighted by Gasteiger charge is 2.37. The highest BCUT2D eigenvalue weighted by atomic mass is 16.8. The minimum Gasteiger partial charge on any atom is -0.493 e. The van der Waals surface area contributed by atoms with Gasteiger partial charge in [-0.3, -0.25) is 14.5 Å². The zero-order valence-corrected chi connectivity index (χ0v) is 16.9. The summed E-state index contributed by atoms with van der Waals surface area (Å²) < 4.78 is 24.0. The molecule has 0 saturated heterocycles. The highest BCUT2D eigenvalue weighted by Crippen LogP contribution is 2.46. The van der Waals surface area contributed by atoms with Crippen LogP contribution >= 0.6 is 0 Å². The number of hydrogen-bond donors (Lipinski definition) is 0. The van der Waals surface area contributed by atoms with E-state index in [1.807, 2.05) is 0 Å². The van der Waals surface area contributed by atoms with Crippen LogP contribution in [0.5, 0.6) is 23.0 Å². The zero-order chi connectivity index (χ0) is 22.0. The maximum Gasteiger partial charge on any atom is 0.294 e. The summed E-state index contributed by atoms with van der Waals surface area (Å²) >= 11 is 0. The van der Waals surface area contributed by atoms with E-state index in [0.29, 0.717) is 50.8 Å². The Morgan fingerprint density at radius 2 is 1.62 bits per heavy atom. The lowest BCUT2D eigenvalue weighted by Gasteiger charge is -2.16. The number of nitrogens with zero attached hydrogens (tertiary/aromatic N) is 3. The Morgan fingerprint density at radius 1 is 0.938 bits per heavy atom. The molecule has 0 N–H and O–H groups in total. The molecule has 0 atom stereocenters. The SMILES string of the molecule is COc1cc2c3c(n(On4ccnc4)c(=O)c2cc1OC)-c1cc2c(cc1C3=O)OCO2. The van der Waals surface area contributed by atoms with Crippen molar-refractivity contribution in [2.45, 2.75) is 0 Å². The lowest BCUT2D eigenvalue weighted by atomic mass is 10.0. The van der Waals surface area contributed by atoms with Gasteiger partial charge >= 0.3 is 0 Å². The Balaban J connectivity index is 1.73. The fraction of sp³-hybridized carbons (Fsp3) is 0.136. The van der Waals surface area contributed by atoms with Crippen molar-refractivity contribution in [2.24, 2.45) is 0 Å². The largest absolute Gasteiger partial charge is 0.493 e. The number of ketones is 1. The lowest BCUT2D eigenvalue weighted by Crippen LogP contribution is -2.31. The molecule has 3 heterocycles. The lowest BCUT2D eigenvalue weighted by molar-refractivity contribution is 0.0317. The number of pyridine rings is 1. The van der Waals surface area contributed by atoms with E-state index < -0.39 is 5.56 Å². The summed E-state index contributed by atoms with van der Waals surface area (Å²) in [5, 5.41) is 0.666. The van der Waals surface area contributed by atoms with Crippen molar-refractivity contribution in [3.05, 3.63) is 64.5 Å². The summed E-state index contributed by atoms with van der Waals surface area (Å²) in [6, 6.07) is 6.47. The average Bonchev–Trinajstić information content (AvgIpc) is 3.54. The molecule has 0 spiro atoms. The first kappa shape index (κ1) is 18.3. The molecule has 1 aliphatic heterocycles. The van der Waals surface area contributed by atoms with E-state index in [2.05, 4.69) is 4.98 Å². The minimum atomic E-state index is -0.480. The predicted octanol–water partition coefficient (Wildman–Crippen LogP) is 2.05. The molecule has 4 aromatic rings. The van der Waals surface area contributed by atoms with Crippen LogP contribution in [0.2, 0.25) is 0 Å². The second-order valence-electron chi connectivity index (χ2n) is 7.16. The normalized spacial score (nSPS) is 13.2. The number of methoxy groups -OCH3 is 2. The monoisotopic (exact) mass is 433 g/mol. The van der Waals surface area contributed by atoms with Crippen LogP contribution in [0.4, 0.5) is 0 Å². The molecule has 2 aromatic heterocycles. The van der Waals surface area contributed by atoms with E-state index in [9.17, 15) is 9.59 Å². The first-order chi connectivity index (χ1) is 15.6. The van der Waals surface area contributed by atoms with E-state index in [0.717, 1.165) is 4.73 Å². The molecular formula is C22H15N3O7. The van der Waals surface area contributed by atoms with E-state index in [1.165, 1.54) is 43.7 Å². The third-order valence-corrected chi connectivity index (χ3v) is 5.54. The van der Waals surface area contributed by atoms with Gasteiger partial charge < -0.3 is 18.9 Å². The smallest absolute Gasteiger partial charge is 0.294 e.